The highest BCUT2D eigenvalue weighted by Crippen LogP contribution is 2.31. The van der Waals surface area contributed by atoms with Crippen LogP contribution in [0.1, 0.15) is 39.5 Å². The number of carbonyl (C=O) groups is 1. The standard InChI is InChI=1S/C12H23NO3/c1-4-15-10-7-6-8-12(9-10,13-3)11(14)16-5-2/h10,13H,4-9H2,1-3H3. The Morgan fingerprint density at radius 1 is 1.44 bits per heavy atom. The molecular weight excluding hydrogens is 206 g/mol. The van der Waals surface area contributed by atoms with Crippen LogP contribution in [0, 0.1) is 0 Å². The second kappa shape index (κ2) is 6.21. The van der Waals surface area contributed by atoms with Crippen molar-refractivity contribution in [3.63, 3.8) is 0 Å². The summed E-state index contributed by atoms with van der Waals surface area (Å²) in [6.45, 7) is 4.96. The molecule has 0 saturated heterocycles. The third kappa shape index (κ3) is 2.95. The van der Waals surface area contributed by atoms with E-state index in [9.17, 15) is 4.79 Å². The van der Waals surface area contributed by atoms with E-state index in [0.717, 1.165) is 25.7 Å². The van der Waals surface area contributed by atoms with Crippen molar-refractivity contribution >= 4 is 5.97 Å². The zero-order valence-corrected chi connectivity index (χ0v) is 10.5. The molecule has 4 nitrogen and oxygen atoms in total. The number of likely N-dealkylation sites (N-methyl/N-ethyl adjacent to an activating group) is 1. The Bertz CT molecular complexity index is 230. The fourth-order valence-electron chi connectivity index (χ4n) is 2.39. The molecular formula is C12H23NO3. The zero-order chi connectivity index (χ0) is 12.0. The summed E-state index contributed by atoms with van der Waals surface area (Å²) in [5.41, 5.74) is -0.534. The quantitative estimate of drug-likeness (QED) is 0.726. The summed E-state index contributed by atoms with van der Waals surface area (Å²) in [7, 11) is 1.82. The Kier molecular flexibility index (Phi) is 5.22. The number of ether oxygens (including phenoxy) is 2. The Morgan fingerprint density at radius 2 is 2.19 bits per heavy atom. The van der Waals surface area contributed by atoms with E-state index in [-0.39, 0.29) is 12.1 Å². The molecule has 0 aromatic carbocycles. The van der Waals surface area contributed by atoms with Gasteiger partial charge < -0.3 is 14.8 Å². The van der Waals surface area contributed by atoms with Crippen LogP contribution in [0.3, 0.4) is 0 Å². The van der Waals surface area contributed by atoms with Gasteiger partial charge in [0.2, 0.25) is 0 Å². The molecule has 0 bridgehead atoms. The lowest BCUT2D eigenvalue weighted by Crippen LogP contribution is -2.55. The first-order valence-corrected chi connectivity index (χ1v) is 6.16. The van der Waals surface area contributed by atoms with Gasteiger partial charge in [-0.1, -0.05) is 0 Å². The third-order valence-corrected chi connectivity index (χ3v) is 3.25. The molecule has 0 radical (unpaired) electrons. The van der Waals surface area contributed by atoms with Crippen LogP contribution in [0.4, 0.5) is 0 Å². The smallest absolute Gasteiger partial charge is 0.326 e. The molecule has 1 N–H and O–H groups in total. The summed E-state index contributed by atoms with van der Waals surface area (Å²) < 4.78 is 10.8. The average Bonchev–Trinajstić information content (AvgIpc) is 2.30. The zero-order valence-electron chi connectivity index (χ0n) is 10.5. The van der Waals surface area contributed by atoms with Crippen LogP contribution in [0.2, 0.25) is 0 Å². The van der Waals surface area contributed by atoms with Crippen molar-refractivity contribution in [3.8, 4) is 0 Å². The Hall–Kier alpha value is -0.610. The molecule has 1 aliphatic carbocycles. The van der Waals surface area contributed by atoms with Crippen molar-refractivity contribution in [2.75, 3.05) is 20.3 Å². The van der Waals surface area contributed by atoms with E-state index in [1.807, 2.05) is 20.9 Å². The van der Waals surface area contributed by atoms with Crippen LogP contribution in [-0.2, 0) is 14.3 Å². The largest absolute Gasteiger partial charge is 0.465 e. The van der Waals surface area contributed by atoms with E-state index < -0.39 is 5.54 Å². The Balaban J connectivity index is 2.66. The lowest BCUT2D eigenvalue weighted by Gasteiger charge is -2.38. The first-order valence-electron chi connectivity index (χ1n) is 6.16. The monoisotopic (exact) mass is 229 g/mol. The maximum absolute atomic E-state index is 12.0. The number of esters is 1. The predicted molar refractivity (Wildman–Crippen MR) is 62.3 cm³/mol. The SMILES string of the molecule is CCOC(=O)C1(NC)CCCC(OCC)C1. The molecule has 94 valence electrons. The number of carbonyl (C=O) groups excluding carboxylic acids is 1. The minimum Gasteiger partial charge on any atom is -0.465 e. The predicted octanol–water partition coefficient (Wildman–Crippen LogP) is 1.49. The molecule has 2 unspecified atom stereocenters. The molecule has 0 aliphatic heterocycles. The normalized spacial score (nSPS) is 30.1. The minimum atomic E-state index is -0.534. The average molecular weight is 229 g/mol. The maximum atomic E-state index is 12.0. The second-order valence-electron chi connectivity index (χ2n) is 4.23. The first-order chi connectivity index (χ1) is 7.68. The maximum Gasteiger partial charge on any atom is 0.326 e. The molecule has 1 rings (SSSR count). The van der Waals surface area contributed by atoms with Crippen LogP contribution in [0.15, 0.2) is 0 Å². The summed E-state index contributed by atoms with van der Waals surface area (Å²) in [5, 5.41) is 3.14. The van der Waals surface area contributed by atoms with Crippen LogP contribution >= 0.6 is 0 Å². The highest BCUT2D eigenvalue weighted by Gasteiger charge is 2.43. The van der Waals surface area contributed by atoms with Crippen molar-refractivity contribution in [3.05, 3.63) is 0 Å². The van der Waals surface area contributed by atoms with Crippen molar-refractivity contribution in [2.24, 2.45) is 0 Å². The lowest BCUT2D eigenvalue weighted by atomic mass is 9.80. The van der Waals surface area contributed by atoms with Gasteiger partial charge in [0.1, 0.15) is 5.54 Å². The molecule has 0 spiro atoms. The summed E-state index contributed by atoms with van der Waals surface area (Å²) >= 11 is 0. The van der Waals surface area contributed by atoms with Gasteiger partial charge in [0, 0.05) is 13.0 Å². The fraction of sp³-hybridized carbons (Fsp3) is 0.917. The van der Waals surface area contributed by atoms with Gasteiger partial charge in [-0.3, -0.25) is 4.79 Å². The molecule has 0 heterocycles. The summed E-state index contributed by atoms with van der Waals surface area (Å²) in [6, 6.07) is 0. The number of rotatable bonds is 5. The third-order valence-electron chi connectivity index (χ3n) is 3.25. The van der Waals surface area contributed by atoms with Crippen LogP contribution in [-0.4, -0.2) is 37.9 Å². The molecule has 1 aliphatic rings. The van der Waals surface area contributed by atoms with Gasteiger partial charge in [-0.25, -0.2) is 0 Å². The van der Waals surface area contributed by atoms with E-state index in [1.54, 1.807) is 0 Å². The molecule has 1 saturated carbocycles. The van der Waals surface area contributed by atoms with Gasteiger partial charge in [-0.05, 0) is 40.2 Å². The van der Waals surface area contributed by atoms with Gasteiger partial charge in [0.25, 0.3) is 0 Å². The highest BCUT2D eigenvalue weighted by molar-refractivity contribution is 5.81. The van der Waals surface area contributed by atoms with Crippen molar-refractivity contribution in [2.45, 2.75) is 51.2 Å². The van der Waals surface area contributed by atoms with Crippen LogP contribution in [0.5, 0.6) is 0 Å². The van der Waals surface area contributed by atoms with E-state index in [4.69, 9.17) is 9.47 Å². The second-order valence-corrected chi connectivity index (χ2v) is 4.23. The molecule has 0 aromatic rings. The van der Waals surface area contributed by atoms with E-state index in [1.165, 1.54) is 0 Å². The fourth-order valence-corrected chi connectivity index (χ4v) is 2.39. The van der Waals surface area contributed by atoms with E-state index in [2.05, 4.69) is 5.32 Å². The van der Waals surface area contributed by atoms with Crippen LogP contribution in [0.25, 0.3) is 0 Å². The Labute approximate surface area is 97.7 Å². The molecule has 16 heavy (non-hydrogen) atoms. The van der Waals surface area contributed by atoms with E-state index >= 15 is 0 Å². The summed E-state index contributed by atoms with van der Waals surface area (Å²) in [5.74, 6) is -0.137. The van der Waals surface area contributed by atoms with Crippen molar-refractivity contribution < 1.29 is 14.3 Å². The molecule has 1 fully saturated rings. The van der Waals surface area contributed by atoms with Gasteiger partial charge in [0.05, 0.1) is 12.7 Å². The minimum absolute atomic E-state index is 0.137. The highest BCUT2D eigenvalue weighted by atomic mass is 16.5. The Morgan fingerprint density at radius 3 is 2.75 bits per heavy atom. The number of hydrogen-bond donors (Lipinski definition) is 1. The van der Waals surface area contributed by atoms with Gasteiger partial charge >= 0.3 is 5.97 Å². The van der Waals surface area contributed by atoms with Gasteiger partial charge in [-0.2, -0.15) is 0 Å². The molecule has 2 atom stereocenters. The lowest BCUT2D eigenvalue weighted by molar-refractivity contribution is -0.155. The topological polar surface area (TPSA) is 47.6 Å². The number of hydrogen-bond acceptors (Lipinski definition) is 4. The van der Waals surface area contributed by atoms with E-state index in [0.29, 0.717) is 13.2 Å². The molecule has 4 heteroatoms. The molecule has 0 aromatic heterocycles. The van der Waals surface area contributed by atoms with Crippen molar-refractivity contribution in [1.82, 2.24) is 5.32 Å². The molecule has 0 amide bonds. The summed E-state index contributed by atoms with van der Waals surface area (Å²) in [4.78, 5) is 12.0. The van der Waals surface area contributed by atoms with Gasteiger partial charge in [-0.15, -0.1) is 0 Å². The van der Waals surface area contributed by atoms with Crippen molar-refractivity contribution in [1.29, 1.82) is 0 Å². The van der Waals surface area contributed by atoms with Crippen LogP contribution < -0.4 is 5.32 Å². The summed E-state index contributed by atoms with van der Waals surface area (Å²) in [6.07, 6.45) is 3.78. The first kappa shape index (κ1) is 13.5. The number of nitrogens with one attached hydrogen (secondary N) is 1. The van der Waals surface area contributed by atoms with Gasteiger partial charge in [0.15, 0.2) is 0 Å².